The molecule has 0 unspecified atom stereocenters. The maximum absolute atomic E-state index is 13.8. The Morgan fingerprint density at radius 2 is 1.78 bits per heavy atom. The Morgan fingerprint density at radius 3 is 2.61 bits per heavy atom. The lowest BCUT2D eigenvalue weighted by Crippen LogP contribution is -2.35. The molecule has 2 aromatic carbocycles. The molecule has 6 nitrogen and oxygen atoms in total. The molecule has 1 saturated carbocycles. The molecule has 2 aliphatic heterocycles. The quantitative estimate of drug-likeness (QED) is 0.518. The fraction of sp³-hybridized carbons (Fsp3) is 0.400. The Bertz CT molecular complexity index is 1350. The number of fused-ring (bicyclic) bond motifs is 5. The average Bonchev–Trinajstić information content (AvgIpc) is 3.08. The van der Waals surface area contributed by atoms with Crippen molar-refractivity contribution in [3.05, 3.63) is 64.7 Å². The van der Waals surface area contributed by atoms with E-state index in [-0.39, 0.29) is 11.5 Å². The maximum Gasteiger partial charge on any atom is 0.335 e. The molecule has 3 aliphatic rings. The summed E-state index contributed by atoms with van der Waals surface area (Å²) in [7, 11) is 0. The monoisotopic (exact) mass is 484 g/mol. The van der Waals surface area contributed by atoms with Crippen LogP contribution in [0.15, 0.2) is 48.0 Å². The molecule has 1 aliphatic carbocycles. The lowest BCUT2D eigenvalue weighted by atomic mass is 9.81. The lowest BCUT2D eigenvalue weighted by molar-refractivity contribution is -0.127. The van der Waals surface area contributed by atoms with Crippen molar-refractivity contribution in [2.75, 3.05) is 26.3 Å². The molecule has 6 rings (SSSR count). The number of benzene rings is 2. The average molecular weight is 485 g/mol. The van der Waals surface area contributed by atoms with Gasteiger partial charge in [0.1, 0.15) is 0 Å². The van der Waals surface area contributed by atoms with Crippen molar-refractivity contribution in [1.82, 2.24) is 9.47 Å². The van der Waals surface area contributed by atoms with Crippen LogP contribution in [0.2, 0.25) is 0 Å². The standard InChI is InChI=1S/C30H32N2O4/c33-29(31-13-6-15-36-16-14-31)23-17-21-9-4-5-10-24(21)28-27(20-7-2-1-3-8-20)25-12-11-22(30(34)35)18-26(25)32(28)19-23/h4-5,9-12,17-18,20H,1-3,6-8,13-16,19H2,(H,34,35). The Kier molecular flexibility index (Phi) is 6.13. The van der Waals surface area contributed by atoms with Crippen LogP contribution in [0.3, 0.4) is 0 Å². The van der Waals surface area contributed by atoms with Gasteiger partial charge in [-0.05, 0) is 54.5 Å². The van der Waals surface area contributed by atoms with Crippen LogP contribution in [0.1, 0.15) is 65.9 Å². The Labute approximate surface area is 211 Å². The number of hydrogen-bond donors (Lipinski definition) is 1. The first-order valence-corrected chi connectivity index (χ1v) is 13.2. The molecular formula is C30H32N2O4. The number of carboxylic acids is 1. The molecule has 1 saturated heterocycles. The molecule has 186 valence electrons. The molecule has 3 heterocycles. The van der Waals surface area contributed by atoms with Crippen LogP contribution in [-0.2, 0) is 16.1 Å². The van der Waals surface area contributed by atoms with Crippen molar-refractivity contribution in [1.29, 1.82) is 0 Å². The molecule has 0 bridgehead atoms. The zero-order valence-electron chi connectivity index (χ0n) is 20.5. The summed E-state index contributed by atoms with van der Waals surface area (Å²) in [5.41, 5.74) is 6.54. The minimum absolute atomic E-state index is 0.0404. The van der Waals surface area contributed by atoms with Gasteiger partial charge in [-0.2, -0.15) is 0 Å². The topological polar surface area (TPSA) is 71.8 Å². The third-order valence-corrected chi connectivity index (χ3v) is 8.02. The summed E-state index contributed by atoms with van der Waals surface area (Å²) >= 11 is 0. The Hall–Kier alpha value is -3.38. The summed E-state index contributed by atoms with van der Waals surface area (Å²) in [6, 6.07) is 13.8. The van der Waals surface area contributed by atoms with Gasteiger partial charge in [0.15, 0.2) is 0 Å². The predicted molar refractivity (Wildman–Crippen MR) is 140 cm³/mol. The molecule has 6 heteroatoms. The summed E-state index contributed by atoms with van der Waals surface area (Å²) in [5, 5.41) is 10.9. The van der Waals surface area contributed by atoms with E-state index < -0.39 is 5.97 Å². The minimum Gasteiger partial charge on any atom is -0.478 e. The molecule has 1 N–H and O–H groups in total. The normalized spacial score (nSPS) is 18.7. The van der Waals surface area contributed by atoms with Crippen molar-refractivity contribution in [3.63, 3.8) is 0 Å². The van der Waals surface area contributed by atoms with Crippen LogP contribution < -0.4 is 0 Å². The van der Waals surface area contributed by atoms with Crippen LogP contribution in [0.4, 0.5) is 0 Å². The van der Waals surface area contributed by atoms with Crippen LogP contribution in [0.5, 0.6) is 0 Å². The molecule has 36 heavy (non-hydrogen) atoms. The SMILES string of the molecule is O=C(O)c1ccc2c(C3CCCCC3)c3n(c2c1)CC(C(=O)N1CCCOCC1)=Cc1ccccc1-3. The van der Waals surface area contributed by atoms with Gasteiger partial charge in [-0.25, -0.2) is 4.79 Å². The van der Waals surface area contributed by atoms with Gasteiger partial charge in [-0.15, -0.1) is 0 Å². The van der Waals surface area contributed by atoms with Crippen molar-refractivity contribution in [2.24, 2.45) is 0 Å². The highest BCUT2D eigenvalue weighted by Crippen LogP contribution is 2.46. The number of rotatable bonds is 3. The number of carbonyl (C=O) groups excluding carboxylic acids is 1. The van der Waals surface area contributed by atoms with E-state index in [1.807, 2.05) is 23.1 Å². The summed E-state index contributed by atoms with van der Waals surface area (Å²) in [5.74, 6) is -0.461. The minimum atomic E-state index is -0.933. The van der Waals surface area contributed by atoms with E-state index in [0.29, 0.717) is 38.8 Å². The first-order valence-electron chi connectivity index (χ1n) is 13.2. The number of aromatic carboxylic acids is 1. The third kappa shape index (κ3) is 4.03. The van der Waals surface area contributed by atoms with Gasteiger partial charge >= 0.3 is 5.97 Å². The van der Waals surface area contributed by atoms with E-state index in [0.717, 1.165) is 52.6 Å². The highest BCUT2D eigenvalue weighted by Gasteiger charge is 2.31. The zero-order valence-corrected chi connectivity index (χ0v) is 20.5. The van der Waals surface area contributed by atoms with E-state index in [1.54, 1.807) is 12.1 Å². The summed E-state index contributed by atoms with van der Waals surface area (Å²) < 4.78 is 7.81. The molecule has 0 spiro atoms. The molecule has 3 aromatic rings. The van der Waals surface area contributed by atoms with Gasteiger partial charge in [-0.1, -0.05) is 49.6 Å². The highest BCUT2D eigenvalue weighted by molar-refractivity contribution is 6.03. The van der Waals surface area contributed by atoms with Gasteiger partial charge in [0, 0.05) is 41.7 Å². The fourth-order valence-electron chi connectivity index (χ4n) is 6.29. The van der Waals surface area contributed by atoms with E-state index >= 15 is 0 Å². The van der Waals surface area contributed by atoms with Gasteiger partial charge < -0.3 is 19.3 Å². The predicted octanol–water partition coefficient (Wildman–Crippen LogP) is 5.70. The number of carboxylic acid groups (broad SMARTS) is 1. The van der Waals surface area contributed by atoms with E-state index in [9.17, 15) is 14.7 Å². The molecular weight excluding hydrogens is 452 g/mol. The van der Waals surface area contributed by atoms with E-state index in [2.05, 4.69) is 22.8 Å². The summed E-state index contributed by atoms with van der Waals surface area (Å²) in [6.07, 6.45) is 8.86. The number of carbonyl (C=O) groups is 2. The number of ether oxygens (including phenoxy) is 1. The van der Waals surface area contributed by atoms with Crippen molar-refractivity contribution >= 4 is 28.9 Å². The zero-order chi connectivity index (χ0) is 24.6. The molecule has 2 fully saturated rings. The molecule has 1 amide bonds. The maximum atomic E-state index is 13.8. The van der Waals surface area contributed by atoms with Gasteiger partial charge in [0.25, 0.3) is 5.91 Å². The van der Waals surface area contributed by atoms with Crippen molar-refractivity contribution in [2.45, 2.75) is 51.0 Å². The lowest BCUT2D eigenvalue weighted by Gasteiger charge is -2.24. The number of amides is 1. The Morgan fingerprint density at radius 1 is 0.944 bits per heavy atom. The van der Waals surface area contributed by atoms with E-state index in [4.69, 9.17) is 4.74 Å². The second-order valence-corrected chi connectivity index (χ2v) is 10.2. The first kappa shape index (κ1) is 23.0. The molecule has 0 atom stereocenters. The van der Waals surface area contributed by atoms with Crippen LogP contribution in [0, 0.1) is 0 Å². The van der Waals surface area contributed by atoms with Crippen molar-refractivity contribution in [3.8, 4) is 11.3 Å². The first-order chi connectivity index (χ1) is 17.6. The second-order valence-electron chi connectivity index (χ2n) is 10.2. The van der Waals surface area contributed by atoms with Crippen molar-refractivity contribution < 1.29 is 19.4 Å². The second kappa shape index (κ2) is 9.58. The summed E-state index contributed by atoms with van der Waals surface area (Å²) in [6.45, 7) is 2.94. The van der Waals surface area contributed by atoms with Crippen LogP contribution in [-0.4, -0.2) is 52.8 Å². The smallest absolute Gasteiger partial charge is 0.335 e. The number of hydrogen-bond acceptors (Lipinski definition) is 3. The summed E-state index contributed by atoms with van der Waals surface area (Å²) in [4.78, 5) is 27.6. The van der Waals surface area contributed by atoms with Crippen LogP contribution in [0.25, 0.3) is 28.2 Å². The van der Waals surface area contributed by atoms with Crippen LogP contribution >= 0.6 is 0 Å². The fourth-order valence-corrected chi connectivity index (χ4v) is 6.29. The Balaban J connectivity index is 1.57. The number of nitrogens with zero attached hydrogens (tertiary/aromatic N) is 2. The van der Waals surface area contributed by atoms with Gasteiger partial charge in [-0.3, -0.25) is 4.79 Å². The highest BCUT2D eigenvalue weighted by atomic mass is 16.5. The van der Waals surface area contributed by atoms with E-state index in [1.165, 1.54) is 24.8 Å². The largest absolute Gasteiger partial charge is 0.478 e. The molecule has 1 aromatic heterocycles. The number of aromatic nitrogens is 1. The molecule has 0 radical (unpaired) electrons. The van der Waals surface area contributed by atoms with Gasteiger partial charge in [0.2, 0.25) is 0 Å². The van der Waals surface area contributed by atoms with Gasteiger partial charge in [0.05, 0.1) is 24.4 Å². The third-order valence-electron chi connectivity index (χ3n) is 8.02.